The molecule has 1 N–H and O–H groups in total. The van der Waals surface area contributed by atoms with E-state index in [0.717, 1.165) is 18.9 Å². The summed E-state index contributed by atoms with van der Waals surface area (Å²) in [6.07, 6.45) is 2.23. The summed E-state index contributed by atoms with van der Waals surface area (Å²) in [4.78, 5) is 12.2. The van der Waals surface area contributed by atoms with Gasteiger partial charge in [-0.05, 0) is 19.8 Å². The molecule has 1 aromatic carbocycles. The van der Waals surface area contributed by atoms with E-state index in [1.54, 1.807) is 17.7 Å². The molecule has 2 aromatic heterocycles. The Balaban J connectivity index is 1.72. The minimum Gasteiger partial charge on any atom is -0.361 e. The smallest absolute Gasteiger partial charge is 0.266 e. The quantitative estimate of drug-likeness (QED) is 0.720. The maximum Gasteiger partial charge on any atom is 0.266 e. The number of alkyl halides is 2. The van der Waals surface area contributed by atoms with Gasteiger partial charge in [0.1, 0.15) is 5.82 Å². The third-order valence-corrected chi connectivity index (χ3v) is 4.78. The average Bonchev–Trinajstić information content (AvgIpc) is 3.46. The van der Waals surface area contributed by atoms with Gasteiger partial charge < -0.3 is 9.88 Å². The Bertz CT molecular complexity index is 1060. The number of rotatable bonds is 5. The van der Waals surface area contributed by atoms with Gasteiger partial charge in [-0.3, -0.25) is 4.79 Å². The molecular formula is C19H17F3N4O. The normalized spacial score (nSPS) is 15.3. The highest BCUT2D eigenvalue weighted by Crippen LogP contribution is 2.35. The summed E-state index contributed by atoms with van der Waals surface area (Å²) in [5, 5.41) is 12.3. The molecule has 0 radical (unpaired) electrons. The van der Waals surface area contributed by atoms with E-state index in [-0.39, 0.29) is 17.2 Å². The van der Waals surface area contributed by atoms with E-state index in [9.17, 15) is 18.0 Å². The second-order valence-corrected chi connectivity index (χ2v) is 6.73. The highest BCUT2D eigenvalue weighted by atomic mass is 19.3. The SMILES string of the molecule is C[C@@H](Nc1nncc2cc(=O)n(C3CC3)cc12)c1cccc(C(F)F)c1F. The Morgan fingerprint density at radius 2 is 2.00 bits per heavy atom. The van der Waals surface area contributed by atoms with E-state index in [1.807, 2.05) is 0 Å². The van der Waals surface area contributed by atoms with Gasteiger partial charge in [0.2, 0.25) is 0 Å². The van der Waals surface area contributed by atoms with Crippen LogP contribution in [0, 0.1) is 5.82 Å². The second-order valence-electron chi connectivity index (χ2n) is 6.73. The maximum atomic E-state index is 14.4. The summed E-state index contributed by atoms with van der Waals surface area (Å²) in [5.74, 6) is -0.563. The van der Waals surface area contributed by atoms with Crippen LogP contribution >= 0.6 is 0 Å². The van der Waals surface area contributed by atoms with Crippen LogP contribution in [0.15, 0.2) is 41.5 Å². The molecule has 1 aliphatic rings. The zero-order chi connectivity index (χ0) is 19.1. The van der Waals surface area contributed by atoms with Gasteiger partial charge in [-0.15, -0.1) is 5.10 Å². The summed E-state index contributed by atoms with van der Waals surface area (Å²) in [6.45, 7) is 1.66. The van der Waals surface area contributed by atoms with Crippen molar-refractivity contribution in [2.75, 3.05) is 5.32 Å². The summed E-state index contributed by atoms with van der Waals surface area (Å²) in [7, 11) is 0. The number of fused-ring (bicyclic) bond motifs is 1. The summed E-state index contributed by atoms with van der Waals surface area (Å²) in [5.41, 5.74) is -0.623. The van der Waals surface area contributed by atoms with E-state index in [4.69, 9.17) is 0 Å². The molecule has 0 unspecified atom stereocenters. The van der Waals surface area contributed by atoms with Gasteiger partial charge in [0.25, 0.3) is 12.0 Å². The number of pyridine rings is 1. The number of aromatic nitrogens is 3. The van der Waals surface area contributed by atoms with Crippen molar-refractivity contribution < 1.29 is 13.2 Å². The Hall–Kier alpha value is -2.90. The summed E-state index contributed by atoms with van der Waals surface area (Å²) < 4.78 is 42.0. The predicted octanol–water partition coefficient (Wildman–Crippen LogP) is 4.38. The number of halogens is 3. The first kappa shape index (κ1) is 17.5. The first-order chi connectivity index (χ1) is 13.0. The van der Waals surface area contributed by atoms with Crippen molar-refractivity contribution in [3.05, 3.63) is 64.0 Å². The lowest BCUT2D eigenvalue weighted by Crippen LogP contribution is -2.18. The fourth-order valence-corrected chi connectivity index (χ4v) is 3.17. The highest BCUT2D eigenvalue weighted by Gasteiger charge is 2.25. The van der Waals surface area contributed by atoms with Gasteiger partial charge in [-0.25, -0.2) is 13.2 Å². The first-order valence-electron chi connectivity index (χ1n) is 8.66. The van der Waals surface area contributed by atoms with Crippen LogP contribution in [-0.4, -0.2) is 14.8 Å². The van der Waals surface area contributed by atoms with Gasteiger partial charge in [-0.1, -0.05) is 18.2 Å². The zero-order valence-electron chi connectivity index (χ0n) is 14.5. The molecule has 0 amide bonds. The molecular weight excluding hydrogens is 357 g/mol. The van der Waals surface area contributed by atoms with Crippen LogP contribution in [0.5, 0.6) is 0 Å². The van der Waals surface area contributed by atoms with Crippen LogP contribution in [-0.2, 0) is 0 Å². The van der Waals surface area contributed by atoms with Crippen molar-refractivity contribution in [2.45, 2.75) is 38.3 Å². The molecule has 0 bridgehead atoms. The molecule has 27 heavy (non-hydrogen) atoms. The third kappa shape index (κ3) is 3.27. The van der Waals surface area contributed by atoms with Crippen molar-refractivity contribution in [1.82, 2.24) is 14.8 Å². The van der Waals surface area contributed by atoms with Crippen molar-refractivity contribution in [3.8, 4) is 0 Å². The van der Waals surface area contributed by atoms with Crippen LogP contribution in [0.3, 0.4) is 0 Å². The molecule has 4 rings (SSSR count). The minimum absolute atomic E-state index is 0.104. The van der Waals surface area contributed by atoms with Crippen LogP contribution in [0.2, 0.25) is 0 Å². The standard InChI is InChI=1S/C19H17F3N4O/c1-10(13-3-2-4-14(17(13)20)18(21)22)24-19-15-9-26(12-5-6-12)16(27)7-11(15)8-23-25-19/h2-4,7-10,12,18H,5-6H2,1H3,(H,24,25)/t10-/m1/s1. The van der Waals surface area contributed by atoms with Gasteiger partial charge in [0, 0.05) is 34.6 Å². The van der Waals surface area contributed by atoms with E-state index in [1.165, 1.54) is 24.4 Å². The molecule has 1 atom stereocenters. The van der Waals surface area contributed by atoms with E-state index in [2.05, 4.69) is 15.5 Å². The van der Waals surface area contributed by atoms with Gasteiger partial charge in [0.15, 0.2) is 5.82 Å². The fourth-order valence-electron chi connectivity index (χ4n) is 3.17. The lowest BCUT2D eigenvalue weighted by Gasteiger charge is -2.18. The van der Waals surface area contributed by atoms with E-state index >= 15 is 0 Å². The summed E-state index contributed by atoms with van der Waals surface area (Å²) >= 11 is 0. The molecule has 0 saturated heterocycles. The third-order valence-electron chi connectivity index (χ3n) is 4.78. The molecule has 3 aromatic rings. The van der Waals surface area contributed by atoms with Crippen molar-refractivity contribution in [2.24, 2.45) is 0 Å². The lowest BCUT2D eigenvalue weighted by molar-refractivity contribution is 0.146. The number of hydrogen-bond donors (Lipinski definition) is 1. The Morgan fingerprint density at radius 1 is 1.26 bits per heavy atom. The molecule has 1 fully saturated rings. The van der Waals surface area contributed by atoms with E-state index < -0.39 is 23.8 Å². The number of hydrogen-bond acceptors (Lipinski definition) is 4. The van der Waals surface area contributed by atoms with Gasteiger partial charge >= 0.3 is 0 Å². The van der Waals surface area contributed by atoms with Crippen LogP contribution in [0.25, 0.3) is 10.8 Å². The molecule has 1 aliphatic carbocycles. The molecule has 140 valence electrons. The van der Waals surface area contributed by atoms with Gasteiger partial charge in [0.05, 0.1) is 17.8 Å². The predicted molar refractivity (Wildman–Crippen MR) is 95.5 cm³/mol. The molecule has 0 aliphatic heterocycles. The molecule has 5 nitrogen and oxygen atoms in total. The van der Waals surface area contributed by atoms with E-state index in [0.29, 0.717) is 16.6 Å². The molecule has 0 spiro atoms. The van der Waals surface area contributed by atoms with Crippen molar-refractivity contribution >= 4 is 16.6 Å². The highest BCUT2D eigenvalue weighted by molar-refractivity contribution is 5.90. The zero-order valence-corrected chi connectivity index (χ0v) is 14.5. The molecule has 8 heteroatoms. The maximum absolute atomic E-state index is 14.4. The van der Waals surface area contributed by atoms with Crippen molar-refractivity contribution in [3.63, 3.8) is 0 Å². The Kier molecular flexibility index (Phi) is 4.33. The largest absolute Gasteiger partial charge is 0.361 e. The second kappa shape index (κ2) is 6.68. The average molecular weight is 374 g/mol. The Morgan fingerprint density at radius 3 is 2.70 bits per heavy atom. The van der Waals surface area contributed by atoms with Crippen LogP contribution in [0.4, 0.5) is 19.0 Å². The lowest BCUT2D eigenvalue weighted by atomic mass is 10.0. The number of nitrogens with zero attached hydrogens (tertiary/aromatic N) is 3. The van der Waals surface area contributed by atoms with Crippen LogP contribution in [0.1, 0.15) is 49.4 Å². The van der Waals surface area contributed by atoms with Crippen molar-refractivity contribution in [1.29, 1.82) is 0 Å². The molecule has 1 saturated carbocycles. The topological polar surface area (TPSA) is 59.8 Å². The Labute approximate surface area is 152 Å². The number of benzene rings is 1. The summed E-state index contributed by atoms with van der Waals surface area (Å²) in [6, 6.07) is 5.00. The molecule has 2 heterocycles. The van der Waals surface area contributed by atoms with Crippen LogP contribution < -0.4 is 10.9 Å². The minimum atomic E-state index is -2.89. The monoisotopic (exact) mass is 374 g/mol. The number of anilines is 1. The first-order valence-corrected chi connectivity index (χ1v) is 8.66. The van der Waals surface area contributed by atoms with Gasteiger partial charge in [-0.2, -0.15) is 5.10 Å². The number of nitrogens with one attached hydrogen (secondary N) is 1. The fraction of sp³-hybridized carbons (Fsp3) is 0.316.